The van der Waals surface area contributed by atoms with Gasteiger partial charge in [0.1, 0.15) is 0 Å². The van der Waals surface area contributed by atoms with Gasteiger partial charge in [-0.25, -0.2) is 0 Å². The Bertz CT molecular complexity index is 239. The number of halogens is 1. The third-order valence-electron chi connectivity index (χ3n) is 2.20. The highest BCUT2D eigenvalue weighted by Crippen LogP contribution is 2.45. The lowest BCUT2D eigenvalue weighted by molar-refractivity contribution is 0.113. The molecule has 0 saturated heterocycles. The molecule has 4 heteroatoms. The SMILES string of the molecule is CC1CC(C)(CS(=O)(=O)F)C1. The molecule has 0 unspecified atom stereocenters. The second-order valence-corrected chi connectivity index (χ2v) is 5.37. The maximum atomic E-state index is 12.2. The van der Waals surface area contributed by atoms with E-state index in [-0.39, 0.29) is 11.2 Å². The normalized spacial score (nSPS) is 38.3. The zero-order valence-electron chi connectivity index (χ0n) is 6.80. The maximum absolute atomic E-state index is 12.2. The molecule has 1 aliphatic rings. The molecule has 66 valence electrons. The minimum Gasteiger partial charge on any atom is -0.195 e. The van der Waals surface area contributed by atoms with E-state index in [0.717, 1.165) is 12.8 Å². The second kappa shape index (κ2) is 2.44. The van der Waals surface area contributed by atoms with Crippen LogP contribution >= 0.6 is 0 Å². The molecule has 0 aromatic rings. The van der Waals surface area contributed by atoms with Gasteiger partial charge >= 0.3 is 10.2 Å². The molecule has 0 aromatic carbocycles. The molecule has 0 bridgehead atoms. The fourth-order valence-corrected chi connectivity index (χ4v) is 3.22. The molecule has 0 amide bonds. The van der Waals surface area contributed by atoms with Crippen LogP contribution in [0.2, 0.25) is 0 Å². The summed E-state index contributed by atoms with van der Waals surface area (Å²) >= 11 is 0. The largest absolute Gasteiger partial charge is 0.302 e. The van der Waals surface area contributed by atoms with Crippen LogP contribution in [0.5, 0.6) is 0 Å². The van der Waals surface area contributed by atoms with Crippen LogP contribution in [0.3, 0.4) is 0 Å². The first-order valence-electron chi connectivity index (χ1n) is 3.73. The zero-order valence-corrected chi connectivity index (χ0v) is 7.62. The molecule has 0 heterocycles. The molecular weight excluding hydrogens is 167 g/mol. The first-order valence-corrected chi connectivity index (χ1v) is 5.28. The highest BCUT2D eigenvalue weighted by Gasteiger charge is 2.41. The van der Waals surface area contributed by atoms with Crippen LogP contribution in [-0.2, 0) is 10.2 Å². The molecule has 1 fully saturated rings. The lowest BCUT2D eigenvalue weighted by Crippen LogP contribution is -2.38. The van der Waals surface area contributed by atoms with Crippen LogP contribution in [0.15, 0.2) is 0 Å². The van der Waals surface area contributed by atoms with E-state index in [1.807, 2.05) is 13.8 Å². The highest BCUT2D eigenvalue weighted by molar-refractivity contribution is 7.86. The Kier molecular flexibility index (Phi) is 1.99. The van der Waals surface area contributed by atoms with Gasteiger partial charge in [0.25, 0.3) is 0 Å². The molecule has 1 rings (SSSR count). The summed E-state index contributed by atoms with van der Waals surface area (Å²) in [6.45, 7) is 3.87. The number of hydrogen-bond acceptors (Lipinski definition) is 2. The summed E-state index contributed by atoms with van der Waals surface area (Å²) in [7, 11) is -4.27. The molecule has 0 radical (unpaired) electrons. The molecule has 0 spiro atoms. The van der Waals surface area contributed by atoms with Crippen molar-refractivity contribution < 1.29 is 12.3 Å². The summed E-state index contributed by atoms with van der Waals surface area (Å²) in [5.74, 6) is 0.256. The minimum atomic E-state index is -4.27. The van der Waals surface area contributed by atoms with E-state index in [2.05, 4.69) is 0 Å². The smallest absolute Gasteiger partial charge is 0.195 e. The predicted molar refractivity (Wildman–Crippen MR) is 41.4 cm³/mol. The van der Waals surface area contributed by atoms with E-state index in [9.17, 15) is 12.3 Å². The van der Waals surface area contributed by atoms with Crippen LogP contribution in [0.25, 0.3) is 0 Å². The Balaban J connectivity index is 2.51. The summed E-state index contributed by atoms with van der Waals surface area (Å²) in [6, 6.07) is 0. The summed E-state index contributed by atoms with van der Waals surface area (Å²) in [5, 5.41) is 0. The van der Waals surface area contributed by atoms with E-state index in [1.165, 1.54) is 0 Å². The molecule has 0 N–H and O–H groups in total. The minimum absolute atomic E-state index is 0.285. The van der Waals surface area contributed by atoms with E-state index in [4.69, 9.17) is 0 Å². The lowest BCUT2D eigenvalue weighted by Gasteiger charge is -2.42. The molecule has 1 aliphatic carbocycles. The van der Waals surface area contributed by atoms with Crippen molar-refractivity contribution in [3.05, 3.63) is 0 Å². The van der Waals surface area contributed by atoms with Crippen molar-refractivity contribution in [1.82, 2.24) is 0 Å². The predicted octanol–water partition coefficient (Wildman–Crippen LogP) is 1.72. The van der Waals surface area contributed by atoms with Crippen molar-refractivity contribution in [3.8, 4) is 0 Å². The maximum Gasteiger partial charge on any atom is 0.302 e. The van der Waals surface area contributed by atoms with Gasteiger partial charge in [0.05, 0.1) is 5.75 Å². The molecule has 2 nitrogen and oxygen atoms in total. The summed E-state index contributed by atoms with van der Waals surface area (Å²) in [4.78, 5) is 0. The van der Waals surface area contributed by atoms with Gasteiger partial charge in [-0.05, 0) is 24.2 Å². The van der Waals surface area contributed by atoms with Crippen molar-refractivity contribution in [2.75, 3.05) is 5.75 Å². The summed E-state index contributed by atoms with van der Waals surface area (Å²) in [5.41, 5.74) is -0.285. The molecule has 0 aromatic heterocycles. The fourth-order valence-electron chi connectivity index (χ4n) is 2.16. The molecule has 1 saturated carbocycles. The van der Waals surface area contributed by atoms with Crippen LogP contribution in [-0.4, -0.2) is 14.2 Å². The van der Waals surface area contributed by atoms with E-state index >= 15 is 0 Å². The number of rotatable bonds is 2. The third-order valence-corrected chi connectivity index (χ3v) is 3.25. The van der Waals surface area contributed by atoms with Gasteiger partial charge in [-0.15, -0.1) is 3.89 Å². The monoisotopic (exact) mass is 180 g/mol. The fraction of sp³-hybridized carbons (Fsp3) is 1.00. The summed E-state index contributed by atoms with van der Waals surface area (Å²) in [6.07, 6.45) is 1.66. The summed E-state index contributed by atoms with van der Waals surface area (Å²) < 4.78 is 32.8. The number of hydrogen-bond donors (Lipinski definition) is 0. The molecule has 0 atom stereocenters. The van der Waals surface area contributed by atoms with Gasteiger partial charge in [0, 0.05) is 0 Å². The standard InChI is InChI=1S/C7H13FO2S/c1-6-3-7(2,4-6)5-11(8,9)10/h6H,3-5H2,1-2H3. The van der Waals surface area contributed by atoms with Gasteiger partial charge in [-0.1, -0.05) is 13.8 Å². The van der Waals surface area contributed by atoms with Crippen molar-refractivity contribution in [3.63, 3.8) is 0 Å². The zero-order chi connectivity index (χ0) is 8.70. The molecule has 0 aliphatic heterocycles. The Hall–Kier alpha value is -0.120. The van der Waals surface area contributed by atoms with Gasteiger partial charge < -0.3 is 0 Å². The second-order valence-electron chi connectivity index (χ2n) is 4.01. The molecular formula is C7H13FO2S. The van der Waals surface area contributed by atoms with E-state index < -0.39 is 10.2 Å². The Morgan fingerprint density at radius 2 is 2.00 bits per heavy atom. The quantitative estimate of drug-likeness (QED) is 0.606. The first-order chi connectivity index (χ1) is 4.81. The van der Waals surface area contributed by atoms with E-state index in [1.54, 1.807) is 0 Å². The van der Waals surface area contributed by atoms with Gasteiger partial charge in [-0.2, -0.15) is 8.42 Å². The van der Waals surface area contributed by atoms with Crippen LogP contribution in [0, 0.1) is 11.3 Å². The Morgan fingerprint density at radius 3 is 2.27 bits per heavy atom. The molecule has 11 heavy (non-hydrogen) atoms. The highest BCUT2D eigenvalue weighted by atomic mass is 32.3. The van der Waals surface area contributed by atoms with Crippen molar-refractivity contribution >= 4 is 10.2 Å². The average molecular weight is 180 g/mol. The van der Waals surface area contributed by atoms with Gasteiger partial charge in [0.2, 0.25) is 0 Å². The lowest BCUT2D eigenvalue weighted by atomic mass is 9.65. The average Bonchev–Trinajstić information content (AvgIpc) is 1.53. The Morgan fingerprint density at radius 1 is 1.55 bits per heavy atom. The van der Waals surface area contributed by atoms with Crippen molar-refractivity contribution in [2.45, 2.75) is 26.7 Å². The van der Waals surface area contributed by atoms with Crippen LogP contribution in [0.4, 0.5) is 3.89 Å². The van der Waals surface area contributed by atoms with Crippen molar-refractivity contribution in [1.29, 1.82) is 0 Å². The van der Waals surface area contributed by atoms with E-state index in [0.29, 0.717) is 5.92 Å². The van der Waals surface area contributed by atoms with Crippen LogP contribution < -0.4 is 0 Å². The first kappa shape index (κ1) is 8.97. The van der Waals surface area contributed by atoms with Crippen LogP contribution in [0.1, 0.15) is 26.7 Å². The third kappa shape index (κ3) is 2.43. The Labute approximate surface area is 67.0 Å². The van der Waals surface area contributed by atoms with Crippen molar-refractivity contribution in [2.24, 2.45) is 11.3 Å². The van der Waals surface area contributed by atoms with Gasteiger partial charge in [-0.3, -0.25) is 0 Å². The topological polar surface area (TPSA) is 34.1 Å². The van der Waals surface area contributed by atoms with Gasteiger partial charge in [0.15, 0.2) is 0 Å².